The third-order valence-electron chi connectivity index (χ3n) is 2.93. The largest absolute Gasteiger partial charge is 0.465 e. The minimum atomic E-state index is 0.176. The van der Waals surface area contributed by atoms with Gasteiger partial charge in [-0.05, 0) is 32.9 Å². The number of hydrogen-bond donors (Lipinski definition) is 1. The Bertz CT molecular complexity index is 486. The molecule has 0 aliphatic heterocycles. The van der Waals surface area contributed by atoms with Crippen LogP contribution in [0.3, 0.4) is 0 Å². The molecule has 2 aromatic heterocycles. The maximum Gasteiger partial charge on any atom is 0.125 e. The zero-order valence-electron chi connectivity index (χ0n) is 10.8. The summed E-state index contributed by atoms with van der Waals surface area (Å²) in [6, 6.07) is 4.36. The average molecular weight is 233 g/mol. The Morgan fingerprint density at radius 3 is 2.59 bits per heavy atom. The van der Waals surface area contributed by atoms with E-state index in [0.717, 1.165) is 17.3 Å². The predicted molar refractivity (Wildman–Crippen MR) is 66.6 cm³/mol. The molecule has 4 nitrogen and oxygen atoms in total. The van der Waals surface area contributed by atoms with Crippen LogP contribution in [0.25, 0.3) is 0 Å². The summed E-state index contributed by atoms with van der Waals surface area (Å²) in [7, 11) is 2.00. The van der Waals surface area contributed by atoms with Gasteiger partial charge in [-0.3, -0.25) is 5.32 Å². The normalized spacial score (nSPS) is 14.8. The molecule has 0 aromatic carbocycles. The van der Waals surface area contributed by atoms with Gasteiger partial charge in [-0.15, -0.1) is 0 Å². The molecule has 2 heterocycles. The van der Waals surface area contributed by atoms with Crippen molar-refractivity contribution in [1.29, 1.82) is 0 Å². The molecule has 0 amide bonds. The van der Waals surface area contributed by atoms with Crippen LogP contribution in [0.4, 0.5) is 0 Å². The van der Waals surface area contributed by atoms with Crippen LogP contribution in [0.5, 0.6) is 0 Å². The first kappa shape index (κ1) is 11.9. The number of furan rings is 1. The van der Waals surface area contributed by atoms with Crippen LogP contribution in [-0.4, -0.2) is 9.55 Å². The lowest BCUT2D eigenvalue weighted by Gasteiger charge is -2.18. The highest BCUT2D eigenvalue weighted by atomic mass is 16.3. The maximum atomic E-state index is 5.60. The van der Waals surface area contributed by atoms with Crippen molar-refractivity contribution < 1.29 is 4.42 Å². The van der Waals surface area contributed by atoms with Crippen molar-refractivity contribution in [2.45, 2.75) is 32.9 Å². The Morgan fingerprint density at radius 2 is 2.06 bits per heavy atom. The lowest BCUT2D eigenvalue weighted by atomic mass is 10.2. The zero-order chi connectivity index (χ0) is 12.4. The summed E-state index contributed by atoms with van der Waals surface area (Å²) in [5.41, 5.74) is 0. The molecule has 0 aliphatic carbocycles. The molecule has 17 heavy (non-hydrogen) atoms. The van der Waals surface area contributed by atoms with Crippen molar-refractivity contribution in [3.63, 3.8) is 0 Å². The highest BCUT2D eigenvalue weighted by Crippen LogP contribution is 2.19. The fraction of sp³-hybridized carbons (Fsp3) is 0.462. The first-order valence-electron chi connectivity index (χ1n) is 5.87. The van der Waals surface area contributed by atoms with Crippen molar-refractivity contribution in [3.05, 3.63) is 41.9 Å². The van der Waals surface area contributed by atoms with E-state index < -0.39 is 0 Å². The van der Waals surface area contributed by atoms with Gasteiger partial charge in [-0.25, -0.2) is 4.98 Å². The lowest BCUT2D eigenvalue weighted by Crippen LogP contribution is -2.24. The second-order valence-corrected chi connectivity index (χ2v) is 4.45. The fourth-order valence-corrected chi connectivity index (χ4v) is 2.01. The summed E-state index contributed by atoms with van der Waals surface area (Å²) in [5, 5.41) is 3.48. The van der Waals surface area contributed by atoms with Crippen LogP contribution in [0.1, 0.15) is 43.3 Å². The number of aromatic nitrogens is 2. The third kappa shape index (κ3) is 2.58. The van der Waals surface area contributed by atoms with Crippen LogP contribution in [0.2, 0.25) is 0 Å². The number of nitrogens with one attached hydrogen (secondary N) is 1. The highest BCUT2D eigenvalue weighted by Gasteiger charge is 2.16. The quantitative estimate of drug-likeness (QED) is 0.883. The maximum absolute atomic E-state index is 5.60. The van der Waals surface area contributed by atoms with E-state index in [1.54, 1.807) is 0 Å². The Hall–Kier alpha value is -1.55. The lowest BCUT2D eigenvalue weighted by molar-refractivity contribution is 0.384. The van der Waals surface area contributed by atoms with E-state index in [1.807, 2.05) is 43.1 Å². The van der Waals surface area contributed by atoms with E-state index in [0.29, 0.717) is 0 Å². The van der Waals surface area contributed by atoms with E-state index in [1.165, 1.54) is 0 Å². The molecule has 4 heteroatoms. The van der Waals surface area contributed by atoms with Crippen molar-refractivity contribution in [3.8, 4) is 0 Å². The summed E-state index contributed by atoms with van der Waals surface area (Å²) in [5.74, 6) is 2.93. The number of imidazole rings is 1. The Labute approximate surface area is 102 Å². The van der Waals surface area contributed by atoms with E-state index in [4.69, 9.17) is 4.42 Å². The first-order chi connectivity index (χ1) is 8.08. The molecule has 2 aromatic rings. The van der Waals surface area contributed by atoms with Crippen LogP contribution >= 0.6 is 0 Å². The molecule has 2 atom stereocenters. The number of rotatable bonds is 4. The fourth-order valence-electron chi connectivity index (χ4n) is 2.01. The Balaban J connectivity index is 2.04. The molecule has 0 aliphatic rings. The zero-order valence-corrected chi connectivity index (χ0v) is 10.8. The minimum absolute atomic E-state index is 0.176. The molecule has 92 valence electrons. The second kappa shape index (κ2) is 4.75. The molecular formula is C13H19N3O. The van der Waals surface area contributed by atoms with Gasteiger partial charge in [0.1, 0.15) is 17.3 Å². The molecule has 2 rings (SSSR count). The van der Waals surface area contributed by atoms with Crippen molar-refractivity contribution in [2.24, 2.45) is 7.05 Å². The van der Waals surface area contributed by atoms with Crippen molar-refractivity contribution in [1.82, 2.24) is 14.9 Å². The van der Waals surface area contributed by atoms with E-state index >= 15 is 0 Å². The van der Waals surface area contributed by atoms with Crippen molar-refractivity contribution >= 4 is 0 Å². The summed E-state index contributed by atoms with van der Waals surface area (Å²) in [4.78, 5) is 4.34. The predicted octanol–water partition coefficient (Wildman–Crippen LogP) is 2.73. The van der Waals surface area contributed by atoms with E-state index in [2.05, 4.69) is 24.1 Å². The number of hydrogen-bond acceptors (Lipinski definition) is 3. The van der Waals surface area contributed by atoms with Crippen LogP contribution in [0, 0.1) is 6.92 Å². The van der Waals surface area contributed by atoms with Gasteiger partial charge in [0.15, 0.2) is 0 Å². The third-order valence-corrected chi connectivity index (χ3v) is 2.93. The van der Waals surface area contributed by atoms with Crippen LogP contribution in [-0.2, 0) is 7.05 Å². The average Bonchev–Trinajstić information content (AvgIpc) is 2.86. The van der Waals surface area contributed by atoms with Gasteiger partial charge in [0.05, 0.1) is 12.1 Å². The minimum Gasteiger partial charge on any atom is -0.465 e. The van der Waals surface area contributed by atoms with Crippen molar-refractivity contribution in [2.75, 3.05) is 0 Å². The molecule has 0 saturated carbocycles. The molecule has 0 saturated heterocycles. The SMILES string of the molecule is Cc1ccc(C(C)NC(C)c2nccn2C)o1. The molecular weight excluding hydrogens is 214 g/mol. The number of nitrogens with zero attached hydrogens (tertiary/aromatic N) is 2. The second-order valence-electron chi connectivity index (χ2n) is 4.45. The highest BCUT2D eigenvalue weighted by molar-refractivity contribution is 5.10. The number of aryl methyl sites for hydroxylation is 2. The van der Waals surface area contributed by atoms with Crippen LogP contribution in [0.15, 0.2) is 28.9 Å². The Morgan fingerprint density at radius 1 is 1.29 bits per heavy atom. The van der Waals surface area contributed by atoms with Gasteiger partial charge >= 0.3 is 0 Å². The first-order valence-corrected chi connectivity index (χ1v) is 5.87. The van der Waals surface area contributed by atoms with Crippen LogP contribution < -0.4 is 5.32 Å². The van der Waals surface area contributed by atoms with E-state index in [9.17, 15) is 0 Å². The summed E-state index contributed by atoms with van der Waals surface area (Å²) < 4.78 is 7.63. The summed E-state index contributed by atoms with van der Waals surface area (Å²) in [6.45, 7) is 6.16. The van der Waals surface area contributed by atoms with Gasteiger partial charge in [0, 0.05) is 19.4 Å². The topological polar surface area (TPSA) is 43.0 Å². The standard InChI is InChI=1S/C13H19N3O/c1-9-5-6-12(17-9)10(2)15-11(3)13-14-7-8-16(13)4/h5-8,10-11,15H,1-4H3. The molecule has 2 unspecified atom stereocenters. The molecule has 1 N–H and O–H groups in total. The van der Waals surface area contributed by atoms with Gasteiger partial charge in [-0.1, -0.05) is 0 Å². The molecule has 0 fully saturated rings. The summed E-state index contributed by atoms with van der Waals surface area (Å²) in [6.07, 6.45) is 3.77. The monoisotopic (exact) mass is 233 g/mol. The van der Waals surface area contributed by atoms with Gasteiger partial charge in [0.25, 0.3) is 0 Å². The molecule has 0 radical (unpaired) electrons. The van der Waals surface area contributed by atoms with Gasteiger partial charge < -0.3 is 8.98 Å². The molecule has 0 bridgehead atoms. The molecule has 0 spiro atoms. The van der Waals surface area contributed by atoms with Gasteiger partial charge in [0.2, 0.25) is 0 Å². The van der Waals surface area contributed by atoms with E-state index in [-0.39, 0.29) is 12.1 Å². The Kier molecular flexibility index (Phi) is 3.33. The summed E-state index contributed by atoms with van der Waals surface area (Å²) >= 11 is 0. The smallest absolute Gasteiger partial charge is 0.125 e. The van der Waals surface area contributed by atoms with Gasteiger partial charge in [-0.2, -0.15) is 0 Å².